The Hall–Kier alpha value is -7.63. The predicted molar refractivity (Wildman–Crippen MR) is 239 cm³/mol. The van der Waals surface area contributed by atoms with Crippen LogP contribution in [-0.2, 0) is 0 Å². The molecule has 0 amide bonds. The van der Waals surface area contributed by atoms with Crippen molar-refractivity contribution in [1.82, 2.24) is 0 Å². The summed E-state index contributed by atoms with van der Waals surface area (Å²) in [5.74, 6) is 2.14. The minimum atomic E-state index is -0.0159. The molecule has 8 rings (SSSR count). The number of methoxy groups -OCH3 is 1. The minimum absolute atomic E-state index is 0.0159. The second-order valence-corrected chi connectivity index (χ2v) is 13.9. The SMILES string of the molecule is COc1ccc(N(c2ccccc2)c2ccc(N(c3ccc(/C=C\c4ccccc4)cc3)c3ccc(Oc4ccc(C(=O)c5ccc(C)cc5)cc4)cc3)cc2)cc1. The molecule has 5 heteroatoms. The first-order valence-corrected chi connectivity index (χ1v) is 19.2. The molecule has 58 heavy (non-hydrogen) atoms. The zero-order valence-electron chi connectivity index (χ0n) is 32.4. The van der Waals surface area contributed by atoms with Crippen molar-refractivity contribution >= 4 is 52.1 Å². The molecule has 0 aliphatic carbocycles. The van der Waals surface area contributed by atoms with E-state index in [1.807, 2.05) is 104 Å². The van der Waals surface area contributed by atoms with Crippen LogP contribution in [0.1, 0.15) is 32.6 Å². The van der Waals surface area contributed by atoms with Gasteiger partial charge in [-0.05, 0) is 139 Å². The summed E-state index contributed by atoms with van der Waals surface area (Å²) in [5.41, 5.74) is 10.8. The van der Waals surface area contributed by atoms with E-state index in [1.54, 1.807) is 7.11 Å². The fourth-order valence-corrected chi connectivity index (χ4v) is 6.79. The molecule has 0 aliphatic heterocycles. The molecular weight excluding hydrogens is 713 g/mol. The number of hydrogen-bond acceptors (Lipinski definition) is 5. The van der Waals surface area contributed by atoms with Gasteiger partial charge in [-0.2, -0.15) is 0 Å². The summed E-state index contributed by atoms with van der Waals surface area (Å²) < 4.78 is 11.7. The molecule has 0 saturated heterocycles. The van der Waals surface area contributed by atoms with E-state index in [1.165, 1.54) is 0 Å². The lowest BCUT2D eigenvalue weighted by Gasteiger charge is -2.28. The maximum Gasteiger partial charge on any atom is 0.193 e. The van der Waals surface area contributed by atoms with E-state index >= 15 is 0 Å². The number of hydrogen-bond donors (Lipinski definition) is 0. The Morgan fingerprint density at radius 3 is 1.21 bits per heavy atom. The van der Waals surface area contributed by atoms with Crippen molar-refractivity contribution < 1.29 is 14.3 Å². The second kappa shape index (κ2) is 17.4. The van der Waals surface area contributed by atoms with Crippen molar-refractivity contribution in [1.29, 1.82) is 0 Å². The van der Waals surface area contributed by atoms with Crippen molar-refractivity contribution in [3.05, 3.63) is 234 Å². The van der Waals surface area contributed by atoms with E-state index in [0.29, 0.717) is 22.6 Å². The normalized spacial score (nSPS) is 10.9. The number of benzene rings is 8. The third kappa shape index (κ3) is 8.75. The summed E-state index contributed by atoms with van der Waals surface area (Å²) in [4.78, 5) is 17.5. The third-order valence-corrected chi connectivity index (χ3v) is 9.89. The Morgan fingerprint density at radius 1 is 0.397 bits per heavy atom. The van der Waals surface area contributed by atoms with Crippen molar-refractivity contribution in [2.45, 2.75) is 6.92 Å². The molecule has 282 valence electrons. The molecular formula is C53H42N2O3. The summed E-state index contributed by atoms with van der Waals surface area (Å²) in [6.07, 6.45) is 4.26. The molecule has 8 aromatic carbocycles. The average molecular weight is 755 g/mol. The van der Waals surface area contributed by atoms with Crippen LogP contribution >= 0.6 is 0 Å². The predicted octanol–water partition coefficient (Wildman–Crippen LogP) is 14.1. The van der Waals surface area contributed by atoms with E-state index in [2.05, 4.69) is 131 Å². The van der Waals surface area contributed by atoms with Gasteiger partial charge in [-0.15, -0.1) is 0 Å². The van der Waals surface area contributed by atoms with Gasteiger partial charge in [-0.1, -0.05) is 103 Å². The molecule has 0 aromatic heterocycles. The fraction of sp³-hybridized carbons (Fsp3) is 0.0377. The quantitative estimate of drug-likeness (QED) is 0.0866. The monoisotopic (exact) mass is 754 g/mol. The molecule has 0 radical (unpaired) electrons. The summed E-state index contributed by atoms with van der Waals surface area (Å²) in [6.45, 7) is 2.01. The van der Waals surface area contributed by atoms with Gasteiger partial charge >= 0.3 is 0 Å². The smallest absolute Gasteiger partial charge is 0.193 e. The molecule has 0 bridgehead atoms. The first-order valence-electron chi connectivity index (χ1n) is 19.2. The summed E-state index contributed by atoms with van der Waals surface area (Å²) in [5, 5.41) is 0. The number of ether oxygens (including phenoxy) is 2. The number of carbonyl (C=O) groups excluding carboxylic acids is 1. The van der Waals surface area contributed by atoms with Crippen LogP contribution in [0.4, 0.5) is 34.1 Å². The third-order valence-electron chi connectivity index (χ3n) is 9.89. The highest BCUT2D eigenvalue weighted by Crippen LogP contribution is 2.40. The van der Waals surface area contributed by atoms with Crippen molar-refractivity contribution in [3.8, 4) is 17.2 Å². The van der Waals surface area contributed by atoms with Crippen LogP contribution in [0.25, 0.3) is 12.2 Å². The lowest BCUT2D eigenvalue weighted by atomic mass is 10.0. The summed E-state index contributed by atoms with van der Waals surface area (Å²) >= 11 is 0. The number of carbonyl (C=O) groups is 1. The van der Waals surface area contributed by atoms with Gasteiger partial charge < -0.3 is 19.3 Å². The standard InChI is InChI=1S/C53H42N2O3/c1-39-13-19-42(20-14-39)53(56)43-21-33-51(34-22-43)58-52-37-31-49(32-38-52)55(45-23-17-41(18-24-45)16-15-40-9-5-3-6-10-40)47-27-25-46(26-28-47)54(44-11-7-4-8-12-44)48-29-35-50(57-2)36-30-48/h3-38H,1-2H3/b16-15-. The van der Waals surface area contributed by atoms with Gasteiger partial charge in [-0.25, -0.2) is 0 Å². The molecule has 0 aliphatic rings. The van der Waals surface area contributed by atoms with Crippen LogP contribution in [0, 0.1) is 6.92 Å². The molecule has 0 spiro atoms. The Bertz CT molecular complexity index is 2590. The molecule has 0 saturated carbocycles. The number of ketones is 1. The molecule has 8 aromatic rings. The lowest BCUT2D eigenvalue weighted by Crippen LogP contribution is -2.12. The molecule has 0 N–H and O–H groups in total. The number of anilines is 6. The molecule has 5 nitrogen and oxygen atoms in total. The minimum Gasteiger partial charge on any atom is -0.497 e. The number of nitrogens with zero attached hydrogens (tertiary/aromatic N) is 2. The Labute approximate surface area is 340 Å². The first-order chi connectivity index (χ1) is 28.5. The zero-order valence-corrected chi connectivity index (χ0v) is 32.4. The van der Waals surface area contributed by atoms with Crippen LogP contribution in [0.3, 0.4) is 0 Å². The van der Waals surface area contributed by atoms with E-state index in [-0.39, 0.29) is 5.78 Å². The van der Waals surface area contributed by atoms with Crippen LogP contribution in [-0.4, -0.2) is 12.9 Å². The first kappa shape index (κ1) is 37.3. The molecule has 0 atom stereocenters. The maximum atomic E-state index is 13.0. The number of rotatable bonds is 13. The van der Waals surface area contributed by atoms with Crippen LogP contribution in [0.15, 0.2) is 206 Å². The van der Waals surface area contributed by atoms with Crippen LogP contribution in [0.2, 0.25) is 0 Å². The highest BCUT2D eigenvalue weighted by atomic mass is 16.5. The van der Waals surface area contributed by atoms with E-state index < -0.39 is 0 Å². The lowest BCUT2D eigenvalue weighted by molar-refractivity contribution is 0.103. The van der Waals surface area contributed by atoms with Gasteiger partial charge in [0.1, 0.15) is 17.2 Å². The van der Waals surface area contributed by atoms with Crippen LogP contribution < -0.4 is 19.3 Å². The zero-order chi connectivity index (χ0) is 39.7. The molecule has 0 fully saturated rings. The van der Waals surface area contributed by atoms with E-state index in [0.717, 1.165) is 56.6 Å². The van der Waals surface area contributed by atoms with Crippen LogP contribution in [0.5, 0.6) is 17.2 Å². The number of para-hydroxylation sites is 1. The van der Waals surface area contributed by atoms with E-state index in [4.69, 9.17) is 9.47 Å². The van der Waals surface area contributed by atoms with Gasteiger partial charge in [0.15, 0.2) is 5.78 Å². The van der Waals surface area contributed by atoms with Crippen molar-refractivity contribution in [2.75, 3.05) is 16.9 Å². The van der Waals surface area contributed by atoms with Gasteiger partial charge in [0, 0.05) is 45.3 Å². The number of aryl methyl sites for hydroxylation is 1. The van der Waals surface area contributed by atoms with Crippen molar-refractivity contribution in [3.63, 3.8) is 0 Å². The van der Waals surface area contributed by atoms with Crippen molar-refractivity contribution in [2.24, 2.45) is 0 Å². The van der Waals surface area contributed by atoms with Gasteiger partial charge in [0.05, 0.1) is 7.11 Å². The molecule has 0 heterocycles. The van der Waals surface area contributed by atoms with E-state index in [9.17, 15) is 4.79 Å². The summed E-state index contributed by atoms with van der Waals surface area (Å²) in [6, 6.07) is 69.0. The highest BCUT2D eigenvalue weighted by Gasteiger charge is 2.17. The second-order valence-electron chi connectivity index (χ2n) is 13.9. The average Bonchev–Trinajstić information content (AvgIpc) is 3.29. The van der Waals surface area contributed by atoms with Gasteiger partial charge in [-0.3, -0.25) is 4.79 Å². The summed E-state index contributed by atoms with van der Waals surface area (Å²) in [7, 11) is 1.68. The Balaban J connectivity index is 1.08. The Morgan fingerprint density at radius 2 is 0.741 bits per heavy atom. The highest BCUT2D eigenvalue weighted by molar-refractivity contribution is 6.09. The topological polar surface area (TPSA) is 42.0 Å². The van der Waals surface area contributed by atoms with Gasteiger partial charge in [0.25, 0.3) is 0 Å². The Kier molecular flexibility index (Phi) is 11.2. The molecule has 0 unspecified atom stereocenters. The maximum absolute atomic E-state index is 13.0. The fourth-order valence-electron chi connectivity index (χ4n) is 6.79. The van der Waals surface area contributed by atoms with Gasteiger partial charge in [0.2, 0.25) is 0 Å². The largest absolute Gasteiger partial charge is 0.497 e.